The average molecular weight is 424 g/mol. The van der Waals surface area contributed by atoms with Crippen LogP contribution in [0.5, 0.6) is 0 Å². The number of hydrogen-bond donors (Lipinski definition) is 2. The summed E-state index contributed by atoms with van der Waals surface area (Å²) in [6, 6.07) is 0. The van der Waals surface area contributed by atoms with Gasteiger partial charge in [-0.2, -0.15) is 0 Å². The van der Waals surface area contributed by atoms with Gasteiger partial charge in [-0.1, -0.05) is 13.8 Å². The number of amides is 2. The van der Waals surface area contributed by atoms with Crippen molar-refractivity contribution in [3.63, 3.8) is 0 Å². The smallest absolute Gasteiger partial charge is 0.229 e. The van der Waals surface area contributed by atoms with Gasteiger partial charge in [-0.25, -0.2) is 4.98 Å². The third-order valence-corrected chi connectivity index (χ3v) is 7.04. The molecule has 8 heteroatoms. The lowest BCUT2D eigenvalue weighted by molar-refractivity contribution is -0.127. The molecule has 0 unspecified atom stereocenters. The van der Waals surface area contributed by atoms with Gasteiger partial charge in [-0.05, 0) is 37.5 Å². The summed E-state index contributed by atoms with van der Waals surface area (Å²) in [7, 11) is 0. The Kier molecular flexibility index (Phi) is 8.44. The Hall–Kier alpha value is -1.51. The van der Waals surface area contributed by atoms with Crippen LogP contribution in [0.3, 0.4) is 0 Å². The van der Waals surface area contributed by atoms with Crippen LogP contribution in [0.25, 0.3) is 0 Å². The van der Waals surface area contributed by atoms with E-state index in [1.807, 2.05) is 19.2 Å². The number of ether oxygens (including phenoxy) is 2. The van der Waals surface area contributed by atoms with Crippen LogP contribution in [0.2, 0.25) is 0 Å². The summed E-state index contributed by atoms with van der Waals surface area (Å²) in [4.78, 5) is 29.4. The first-order chi connectivity index (χ1) is 14.0. The normalized spacial score (nSPS) is 20.8. The minimum atomic E-state index is -0.0442. The van der Waals surface area contributed by atoms with E-state index in [0.29, 0.717) is 29.9 Å². The molecule has 0 saturated carbocycles. The Balaban J connectivity index is 1.39. The summed E-state index contributed by atoms with van der Waals surface area (Å²) in [5.41, 5.74) is 0.892. The number of rotatable bonds is 8. The summed E-state index contributed by atoms with van der Waals surface area (Å²) in [5, 5.41) is 8.55. The molecule has 2 fully saturated rings. The molecule has 1 aromatic heterocycles. The first kappa shape index (κ1) is 22.2. The van der Waals surface area contributed by atoms with Gasteiger partial charge >= 0.3 is 0 Å². The molecule has 0 aromatic carbocycles. The highest BCUT2D eigenvalue weighted by molar-refractivity contribution is 7.13. The molecule has 2 atom stereocenters. The second kappa shape index (κ2) is 11.0. The maximum absolute atomic E-state index is 12.5. The Labute approximate surface area is 176 Å². The van der Waals surface area contributed by atoms with Crippen LogP contribution in [0.15, 0.2) is 5.38 Å². The predicted octanol–water partition coefficient (Wildman–Crippen LogP) is 2.87. The van der Waals surface area contributed by atoms with Crippen molar-refractivity contribution in [2.45, 2.75) is 46.0 Å². The zero-order chi connectivity index (χ0) is 20.6. The zero-order valence-corrected chi connectivity index (χ0v) is 18.3. The van der Waals surface area contributed by atoms with E-state index >= 15 is 0 Å². The van der Waals surface area contributed by atoms with E-state index in [9.17, 15) is 9.59 Å². The molecule has 0 bridgehead atoms. The van der Waals surface area contributed by atoms with E-state index in [2.05, 4.69) is 15.6 Å². The molecule has 3 rings (SSSR count). The number of nitrogens with zero attached hydrogens (tertiary/aromatic N) is 1. The lowest BCUT2D eigenvalue weighted by Gasteiger charge is -2.26. The van der Waals surface area contributed by atoms with Crippen molar-refractivity contribution in [1.82, 2.24) is 10.3 Å². The molecule has 7 nitrogen and oxygen atoms in total. The first-order valence-corrected chi connectivity index (χ1v) is 11.6. The number of nitrogens with one attached hydrogen (secondary N) is 2. The van der Waals surface area contributed by atoms with Gasteiger partial charge in [0.1, 0.15) is 0 Å². The van der Waals surface area contributed by atoms with Gasteiger partial charge in [0.2, 0.25) is 11.8 Å². The maximum atomic E-state index is 12.5. The second-order valence-corrected chi connectivity index (χ2v) is 9.01. The van der Waals surface area contributed by atoms with Gasteiger partial charge < -0.3 is 20.1 Å². The third kappa shape index (κ3) is 6.49. The number of carbonyl (C=O) groups is 2. The molecule has 2 aliphatic rings. The fourth-order valence-electron chi connectivity index (χ4n) is 4.03. The molecule has 162 valence electrons. The van der Waals surface area contributed by atoms with Gasteiger partial charge in [0.05, 0.1) is 5.69 Å². The van der Waals surface area contributed by atoms with Crippen LogP contribution in [0.1, 0.15) is 45.2 Å². The molecular weight excluding hydrogens is 390 g/mol. The van der Waals surface area contributed by atoms with E-state index in [1.165, 1.54) is 11.3 Å². The summed E-state index contributed by atoms with van der Waals surface area (Å²) >= 11 is 1.44. The highest BCUT2D eigenvalue weighted by Gasteiger charge is 2.27. The van der Waals surface area contributed by atoms with E-state index in [-0.39, 0.29) is 23.7 Å². The zero-order valence-electron chi connectivity index (χ0n) is 17.4. The van der Waals surface area contributed by atoms with Crippen molar-refractivity contribution in [1.29, 1.82) is 0 Å². The van der Waals surface area contributed by atoms with E-state index in [0.717, 1.165) is 57.8 Å². The van der Waals surface area contributed by atoms with Crippen molar-refractivity contribution in [3.8, 4) is 0 Å². The highest BCUT2D eigenvalue weighted by Crippen LogP contribution is 2.26. The molecule has 2 aliphatic heterocycles. The van der Waals surface area contributed by atoms with Gasteiger partial charge in [0.25, 0.3) is 0 Å². The van der Waals surface area contributed by atoms with Crippen LogP contribution in [0, 0.1) is 23.7 Å². The van der Waals surface area contributed by atoms with Crippen molar-refractivity contribution in [2.75, 3.05) is 38.3 Å². The van der Waals surface area contributed by atoms with E-state index in [1.54, 1.807) is 0 Å². The summed E-state index contributed by atoms with van der Waals surface area (Å²) < 4.78 is 10.8. The summed E-state index contributed by atoms with van der Waals surface area (Å²) in [6.07, 6.45) is 4.44. The molecule has 1 aromatic rings. The average Bonchev–Trinajstić information content (AvgIpc) is 3.20. The molecule has 2 saturated heterocycles. The van der Waals surface area contributed by atoms with Gasteiger partial charge in [-0.15, -0.1) is 11.3 Å². The Bertz CT molecular complexity index is 669. The van der Waals surface area contributed by atoms with Crippen LogP contribution in [-0.4, -0.2) is 49.8 Å². The molecule has 2 amide bonds. The van der Waals surface area contributed by atoms with Gasteiger partial charge in [0, 0.05) is 56.6 Å². The largest absolute Gasteiger partial charge is 0.381 e. The molecule has 2 N–H and O–H groups in total. The highest BCUT2D eigenvalue weighted by atomic mass is 32.1. The van der Waals surface area contributed by atoms with Gasteiger partial charge in [0.15, 0.2) is 5.13 Å². The van der Waals surface area contributed by atoms with Crippen molar-refractivity contribution in [2.24, 2.45) is 23.7 Å². The molecular formula is C21H33N3O4S. The van der Waals surface area contributed by atoms with Crippen molar-refractivity contribution < 1.29 is 19.1 Å². The molecule has 0 spiro atoms. The van der Waals surface area contributed by atoms with Crippen molar-refractivity contribution in [3.05, 3.63) is 11.1 Å². The van der Waals surface area contributed by atoms with E-state index < -0.39 is 0 Å². The van der Waals surface area contributed by atoms with Crippen LogP contribution in [-0.2, 0) is 25.5 Å². The van der Waals surface area contributed by atoms with Gasteiger partial charge in [-0.3, -0.25) is 9.59 Å². The topological polar surface area (TPSA) is 89.6 Å². The monoisotopic (exact) mass is 423 g/mol. The van der Waals surface area contributed by atoms with Crippen LogP contribution >= 0.6 is 11.3 Å². The quantitative estimate of drug-likeness (QED) is 0.671. The fraction of sp³-hybridized carbons (Fsp3) is 0.762. The number of aromatic nitrogens is 1. The molecule has 0 radical (unpaired) electrons. The number of anilines is 1. The number of carbonyl (C=O) groups excluding carboxylic acids is 2. The lowest BCUT2D eigenvalue weighted by atomic mass is 9.87. The summed E-state index contributed by atoms with van der Waals surface area (Å²) in [6.45, 7) is 7.52. The number of thiazole rings is 1. The van der Waals surface area contributed by atoms with Crippen LogP contribution < -0.4 is 10.6 Å². The van der Waals surface area contributed by atoms with Crippen molar-refractivity contribution >= 4 is 28.3 Å². The Morgan fingerprint density at radius 2 is 1.59 bits per heavy atom. The number of hydrogen-bond acceptors (Lipinski definition) is 6. The SMILES string of the molecule is C[C@H](C(=O)Nc1nc(CCNC(=O)[C@H](C)C2CCOCC2)cs1)C1CCOCC1. The Morgan fingerprint density at radius 1 is 1.03 bits per heavy atom. The molecule has 29 heavy (non-hydrogen) atoms. The fourth-order valence-corrected chi connectivity index (χ4v) is 4.78. The first-order valence-electron chi connectivity index (χ1n) is 10.7. The standard InChI is InChI=1S/C21H33N3O4S/c1-14(16-4-9-27-10-5-16)19(25)22-8-3-18-13-29-21(23-18)24-20(26)15(2)17-6-11-28-12-7-17/h13-17H,3-12H2,1-2H3,(H,22,25)(H,23,24,26)/t14-,15+/m1/s1. The third-order valence-electron chi connectivity index (χ3n) is 6.24. The Morgan fingerprint density at radius 3 is 2.17 bits per heavy atom. The maximum Gasteiger partial charge on any atom is 0.229 e. The summed E-state index contributed by atoms with van der Waals surface area (Å²) in [5.74, 6) is 0.870. The minimum Gasteiger partial charge on any atom is -0.381 e. The second-order valence-electron chi connectivity index (χ2n) is 8.15. The minimum absolute atomic E-state index is 0.0101. The molecule has 3 heterocycles. The van der Waals surface area contributed by atoms with E-state index in [4.69, 9.17) is 9.47 Å². The molecule has 0 aliphatic carbocycles. The lowest BCUT2D eigenvalue weighted by Crippen LogP contribution is -2.36. The van der Waals surface area contributed by atoms with Crippen LogP contribution in [0.4, 0.5) is 5.13 Å². The predicted molar refractivity (Wildman–Crippen MR) is 113 cm³/mol.